The molecule has 3 N–H and O–H groups in total. The lowest BCUT2D eigenvalue weighted by Crippen LogP contribution is -2.29. The van der Waals surface area contributed by atoms with Crippen molar-refractivity contribution in [3.8, 4) is 0 Å². The van der Waals surface area contributed by atoms with E-state index in [0.717, 1.165) is 63.7 Å². The van der Waals surface area contributed by atoms with Gasteiger partial charge in [-0.3, -0.25) is 14.1 Å². The lowest BCUT2D eigenvalue weighted by Gasteiger charge is -2.18. The second-order valence-corrected chi connectivity index (χ2v) is 13.4. The van der Waals surface area contributed by atoms with E-state index >= 15 is 0 Å². The molecule has 0 aliphatic rings. The number of carbonyl (C=O) groups excluding carboxylic acids is 2. The number of carbonyl (C=O) groups is 2. The Balaban J connectivity index is 4.12. The molecular formula is C35H63O9P. The van der Waals surface area contributed by atoms with Crippen LogP contribution >= 0.6 is 7.82 Å². The molecule has 0 aliphatic carbocycles. The van der Waals surface area contributed by atoms with Gasteiger partial charge in [0.05, 0.1) is 12.7 Å². The molecule has 0 spiro atoms. The van der Waals surface area contributed by atoms with Crippen LogP contribution in [-0.4, -0.2) is 52.3 Å². The maximum absolute atomic E-state index is 12.3. The number of hydrogen-bond donors (Lipinski definition) is 3. The van der Waals surface area contributed by atoms with Crippen LogP contribution < -0.4 is 0 Å². The summed E-state index contributed by atoms with van der Waals surface area (Å²) in [6.45, 7) is 5.72. The van der Waals surface area contributed by atoms with Crippen molar-refractivity contribution in [2.75, 3.05) is 13.2 Å². The summed E-state index contributed by atoms with van der Waals surface area (Å²) in [6.07, 6.45) is 27.6. The van der Waals surface area contributed by atoms with Gasteiger partial charge in [0.15, 0.2) is 6.10 Å². The third-order valence-electron chi connectivity index (χ3n) is 7.21. The lowest BCUT2D eigenvalue weighted by atomic mass is 10.0. The van der Waals surface area contributed by atoms with Crippen molar-refractivity contribution in [2.45, 2.75) is 155 Å². The fourth-order valence-electron chi connectivity index (χ4n) is 4.62. The Kier molecular flexibility index (Phi) is 28.5. The molecule has 0 aromatic heterocycles. The molecule has 0 radical (unpaired) electrons. The van der Waals surface area contributed by atoms with E-state index < -0.39 is 38.6 Å². The van der Waals surface area contributed by atoms with Gasteiger partial charge >= 0.3 is 19.8 Å². The normalized spacial score (nSPS) is 13.8. The number of aliphatic hydroxyl groups excluding tert-OH is 1. The summed E-state index contributed by atoms with van der Waals surface area (Å²) in [5.41, 5.74) is 0. The zero-order chi connectivity index (χ0) is 33.6. The fraction of sp³-hybridized carbons (Fsp3) is 0.771. The Morgan fingerprint density at radius 3 is 1.84 bits per heavy atom. The predicted octanol–water partition coefficient (Wildman–Crippen LogP) is 8.67. The number of phosphoric acid groups is 1. The number of esters is 2. The molecule has 0 aliphatic heterocycles. The molecule has 0 saturated carbocycles. The van der Waals surface area contributed by atoms with Crippen LogP contribution in [0.15, 0.2) is 36.5 Å². The molecule has 45 heavy (non-hydrogen) atoms. The molecule has 0 fully saturated rings. The van der Waals surface area contributed by atoms with Crippen LogP contribution in [0.3, 0.4) is 0 Å². The maximum Gasteiger partial charge on any atom is 0.469 e. The third-order valence-corrected chi connectivity index (χ3v) is 7.69. The molecule has 2 atom stereocenters. The Morgan fingerprint density at radius 1 is 0.711 bits per heavy atom. The molecule has 0 amide bonds. The molecule has 0 bridgehead atoms. The quantitative estimate of drug-likeness (QED) is 0.0227. The van der Waals surface area contributed by atoms with Gasteiger partial charge in [-0.15, -0.1) is 0 Å². The monoisotopic (exact) mass is 658 g/mol. The van der Waals surface area contributed by atoms with Crippen LogP contribution in [-0.2, 0) is 28.2 Å². The van der Waals surface area contributed by atoms with E-state index in [2.05, 4.69) is 37.4 Å². The Morgan fingerprint density at radius 2 is 1.27 bits per heavy atom. The van der Waals surface area contributed by atoms with Crippen LogP contribution in [0.4, 0.5) is 0 Å². The van der Waals surface area contributed by atoms with Gasteiger partial charge in [0.1, 0.15) is 6.61 Å². The average molecular weight is 659 g/mol. The Labute approximate surface area is 273 Å². The molecule has 9 nitrogen and oxygen atoms in total. The molecule has 0 saturated heterocycles. The second-order valence-electron chi connectivity index (χ2n) is 12.1. The van der Waals surface area contributed by atoms with Gasteiger partial charge in [-0.1, -0.05) is 134 Å². The highest BCUT2D eigenvalue weighted by atomic mass is 31.2. The smallest absolute Gasteiger partial charge is 0.462 e. The first-order valence-corrected chi connectivity index (χ1v) is 18.8. The van der Waals surface area contributed by atoms with E-state index in [1.165, 1.54) is 32.1 Å². The summed E-state index contributed by atoms with van der Waals surface area (Å²) in [6, 6.07) is 0. The van der Waals surface area contributed by atoms with Crippen LogP contribution in [0.5, 0.6) is 0 Å². The van der Waals surface area contributed by atoms with Crippen molar-refractivity contribution in [1.29, 1.82) is 0 Å². The van der Waals surface area contributed by atoms with Crippen LogP contribution in [0, 0.1) is 5.92 Å². The number of rotatable bonds is 30. The van der Waals surface area contributed by atoms with Crippen molar-refractivity contribution in [1.82, 2.24) is 0 Å². The van der Waals surface area contributed by atoms with Gasteiger partial charge in [0.25, 0.3) is 0 Å². The summed E-state index contributed by atoms with van der Waals surface area (Å²) < 4.78 is 26.2. The highest BCUT2D eigenvalue weighted by molar-refractivity contribution is 7.46. The van der Waals surface area contributed by atoms with Crippen molar-refractivity contribution in [2.24, 2.45) is 5.92 Å². The minimum Gasteiger partial charge on any atom is -0.462 e. The lowest BCUT2D eigenvalue weighted by molar-refractivity contribution is -0.161. The zero-order valence-corrected chi connectivity index (χ0v) is 29.2. The summed E-state index contributed by atoms with van der Waals surface area (Å²) in [4.78, 5) is 42.6. The number of phosphoric ester groups is 1. The van der Waals surface area contributed by atoms with Gasteiger partial charge in [-0.25, -0.2) is 4.57 Å². The van der Waals surface area contributed by atoms with E-state index in [1.807, 2.05) is 18.2 Å². The molecule has 0 aromatic carbocycles. The van der Waals surface area contributed by atoms with Gasteiger partial charge < -0.3 is 24.4 Å². The highest BCUT2D eigenvalue weighted by Gasteiger charge is 2.22. The standard InChI is InChI=1S/C35H63O9P/c1-4-5-6-7-10-15-20-25-32(36)26-21-16-13-18-23-28-35(38)44-33(30-43-45(39,40)41)29-42-34(37)27-22-17-12-9-8-11-14-19-24-31(2)3/h5-6,10,15,20,25,31-33,36H,4,7-9,11-14,16-19,21-24,26-30H2,1-3H3,(H2,39,40,41)/b6-5+,15-10+,25-20+/t32?,33-/m1/s1. The average Bonchev–Trinajstić information content (AvgIpc) is 2.97. The zero-order valence-electron chi connectivity index (χ0n) is 28.3. The highest BCUT2D eigenvalue weighted by Crippen LogP contribution is 2.36. The second kappa shape index (κ2) is 29.6. The van der Waals surface area contributed by atoms with Gasteiger partial charge in [0, 0.05) is 12.8 Å². The van der Waals surface area contributed by atoms with Gasteiger partial charge in [-0.05, 0) is 38.0 Å². The van der Waals surface area contributed by atoms with Gasteiger partial charge in [0.2, 0.25) is 0 Å². The SMILES string of the molecule is CC/C=C/C/C=C/C=C/C(O)CCCCCCCC(=O)O[C@H](COC(=O)CCCCCCCCCCC(C)C)COP(=O)(O)O. The minimum atomic E-state index is -4.77. The van der Waals surface area contributed by atoms with Gasteiger partial charge in [-0.2, -0.15) is 0 Å². The Hall–Kier alpha value is -1.77. The summed E-state index contributed by atoms with van der Waals surface area (Å²) >= 11 is 0. The molecule has 0 aromatic rings. The topological polar surface area (TPSA) is 140 Å². The first kappa shape index (κ1) is 43.2. The maximum atomic E-state index is 12.3. The van der Waals surface area contributed by atoms with E-state index in [4.69, 9.17) is 19.3 Å². The largest absolute Gasteiger partial charge is 0.469 e. The predicted molar refractivity (Wildman–Crippen MR) is 180 cm³/mol. The molecule has 262 valence electrons. The van der Waals surface area contributed by atoms with Crippen LogP contribution in [0.25, 0.3) is 0 Å². The van der Waals surface area contributed by atoms with E-state index in [1.54, 1.807) is 6.08 Å². The third kappa shape index (κ3) is 33.4. The fourth-order valence-corrected chi connectivity index (χ4v) is 4.98. The Bertz CT molecular complexity index is 863. The van der Waals surface area contributed by atoms with E-state index in [-0.39, 0.29) is 19.4 Å². The number of unbranched alkanes of at least 4 members (excludes halogenated alkanes) is 11. The van der Waals surface area contributed by atoms with Crippen LogP contribution in [0.2, 0.25) is 0 Å². The number of allylic oxidation sites excluding steroid dienone is 5. The van der Waals surface area contributed by atoms with Crippen molar-refractivity contribution in [3.63, 3.8) is 0 Å². The molecule has 0 heterocycles. The molecule has 0 rings (SSSR count). The summed E-state index contributed by atoms with van der Waals surface area (Å²) in [5, 5.41) is 10.1. The van der Waals surface area contributed by atoms with Crippen molar-refractivity contribution < 1.29 is 43.0 Å². The number of aliphatic hydroxyl groups is 1. The molecule has 1 unspecified atom stereocenters. The molecule has 10 heteroatoms. The van der Waals surface area contributed by atoms with Crippen molar-refractivity contribution in [3.05, 3.63) is 36.5 Å². The van der Waals surface area contributed by atoms with E-state index in [9.17, 15) is 19.3 Å². The van der Waals surface area contributed by atoms with E-state index in [0.29, 0.717) is 19.3 Å². The minimum absolute atomic E-state index is 0.142. The van der Waals surface area contributed by atoms with Crippen LogP contribution in [0.1, 0.15) is 143 Å². The summed E-state index contributed by atoms with van der Waals surface area (Å²) in [7, 11) is -4.77. The van der Waals surface area contributed by atoms with Crippen molar-refractivity contribution >= 4 is 19.8 Å². The summed E-state index contributed by atoms with van der Waals surface area (Å²) in [5.74, 6) is -0.200. The number of hydrogen-bond acceptors (Lipinski definition) is 7. The molecular weight excluding hydrogens is 595 g/mol. The first-order chi connectivity index (χ1) is 21.5. The first-order valence-electron chi connectivity index (χ1n) is 17.2. The number of ether oxygens (including phenoxy) is 2.